The van der Waals surface area contributed by atoms with Gasteiger partial charge in [-0.3, -0.25) is 0 Å². The van der Waals surface area contributed by atoms with Crippen LogP contribution in [0.25, 0.3) is 0 Å². The number of fused-ring (bicyclic) bond motifs is 2. The lowest BCUT2D eigenvalue weighted by Crippen LogP contribution is -2.50. The van der Waals surface area contributed by atoms with Gasteiger partial charge in [0, 0.05) is 12.1 Å². The van der Waals surface area contributed by atoms with E-state index in [4.69, 9.17) is 0 Å². The third-order valence-electron chi connectivity index (χ3n) is 5.61. The van der Waals surface area contributed by atoms with Gasteiger partial charge >= 0.3 is 0 Å². The normalized spacial score (nSPS) is 44.1. The lowest BCUT2D eigenvalue weighted by Gasteiger charge is -2.44. The van der Waals surface area contributed by atoms with Crippen LogP contribution in [-0.2, 0) is 0 Å². The Morgan fingerprint density at radius 3 is 2.18 bits per heavy atom. The highest BCUT2D eigenvalue weighted by Gasteiger charge is 2.46. The third-order valence-corrected chi connectivity index (χ3v) is 5.61. The second-order valence-electron chi connectivity index (χ2n) is 6.89. The van der Waals surface area contributed by atoms with Crippen LogP contribution in [0.4, 0.5) is 0 Å². The summed E-state index contributed by atoms with van der Waals surface area (Å²) >= 11 is 0. The van der Waals surface area contributed by atoms with Gasteiger partial charge in [-0.15, -0.1) is 0 Å². The van der Waals surface area contributed by atoms with Gasteiger partial charge < -0.3 is 10.0 Å². The van der Waals surface area contributed by atoms with Crippen molar-refractivity contribution in [2.75, 3.05) is 7.05 Å². The van der Waals surface area contributed by atoms with Crippen molar-refractivity contribution >= 4 is 0 Å². The van der Waals surface area contributed by atoms with Crippen LogP contribution in [0.3, 0.4) is 0 Å². The van der Waals surface area contributed by atoms with Crippen LogP contribution in [0.2, 0.25) is 0 Å². The summed E-state index contributed by atoms with van der Waals surface area (Å²) in [6.45, 7) is 0. The zero-order valence-electron chi connectivity index (χ0n) is 11.2. The predicted octanol–water partition coefficient (Wildman–Crippen LogP) is 2.94. The van der Waals surface area contributed by atoms with Gasteiger partial charge in [-0.1, -0.05) is 32.1 Å². The Kier molecular flexibility index (Phi) is 3.20. The van der Waals surface area contributed by atoms with Crippen molar-refractivity contribution in [2.24, 2.45) is 5.92 Å². The molecule has 98 valence electrons. The first-order valence-electron chi connectivity index (χ1n) is 7.61. The van der Waals surface area contributed by atoms with Gasteiger partial charge in [-0.25, -0.2) is 0 Å². The predicted molar refractivity (Wildman–Crippen MR) is 69.9 cm³/mol. The largest absolute Gasteiger partial charge is 0.390 e. The number of nitrogens with zero attached hydrogens (tertiary/aromatic N) is 1. The fourth-order valence-corrected chi connectivity index (χ4v) is 4.64. The molecule has 0 radical (unpaired) electrons. The van der Waals surface area contributed by atoms with Crippen molar-refractivity contribution in [3.63, 3.8) is 0 Å². The van der Waals surface area contributed by atoms with Gasteiger partial charge in [0.05, 0.1) is 5.60 Å². The lowest BCUT2D eigenvalue weighted by atomic mass is 9.75. The Balaban J connectivity index is 1.62. The molecule has 3 aliphatic rings. The minimum Gasteiger partial charge on any atom is -0.390 e. The summed E-state index contributed by atoms with van der Waals surface area (Å²) in [5.74, 6) is 0.816. The summed E-state index contributed by atoms with van der Waals surface area (Å²) in [4.78, 5) is 2.52. The van der Waals surface area contributed by atoms with Crippen molar-refractivity contribution in [1.82, 2.24) is 4.90 Å². The fourth-order valence-electron chi connectivity index (χ4n) is 4.64. The molecule has 2 heterocycles. The molecular formula is C15H27NO. The van der Waals surface area contributed by atoms with Gasteiger partial charge in [0.15, 0.2) is 0 Å². The zero-order chi connectivity index (χ0) is 11.9. The van der Waals surface area contributed by atoms with E-state index in [1.807, 2.05) is 0 Å². The van der Waals surface area contributed by atoms with Crippen molar-refractivity contribution in [1.29, 1.82) is 0 Å². The molecule has 2 saturated heterocycles. The Hall–Kier alpha value is -0.0800. The zero-order valence-corrected chi connectivity index (χ0v) is 11.2. The molecule has 0 aromatic carbocycles. The quantitative estimate of drug-likeness (QED) is 0.798. The molecule has 2 aliphatic heterocycles. The van der Waals surface area contributed by atoms with E-state index in [1.54, 1.807) is 0 Å². The molecule has 2 nitrogen and oxygen atoms in total. The molecule has 1 aliphatic carbocycles. The van der Waals surface area contributed by atoms with E-state index < -0.39 is 0 Å². The number of piperidine rings is 1. The first-order chi connectivity index (χ1) is 8.16. The SMILES string of the molecule is CN1C2CCC1CC(O)(CC1CCCCC1)C2. The molecule has 17 heavy (non-hydrogen) atoms. The monoisotopic (exact) mass is 237 g/mol. The van der Waals surface area contributed by atoms with E-state index in [2.05, 4.69) is 11.9 Å². The Labute approximate surface area is 105 Å². The van der Waals surface area contributed by atoms with Gasteiger partial charge in [-0.05, 0) is 45.1 Å². The maximum atomic E-state index is 10.9. The Morgan fingerprint density at radius 1 is 1.00 bits per heavy atom. The summed E-state index contributed by atoms with van der Waals surface area (Å²) < 4.78 is 0. The van der Waals surface area contributed by atoms with E-state index in [-0.39, 0.29) is 5.60 Å². The second kappa shape index (κ2) is 4.55. The number of hydrogen-bond acceptors (Lipinski definition) is 2. The maximum absolute atomic E-state index is 10.9. The average molecular weight is 237 g/mol. The maximum Gasteiger partial charge on any atom is 0.0680 e. The van der Waals surface area contributed by atoms with E-state index in [9.17, 15) is 5.11 Å². The van der Waals surface area contributed by atoms with E-state index in [0.29, 0.717) is 12.1 Å². The molecular weight excluding hydrogens is 210 g/mol. The van der Waals surface area contributed by atoms with Crippen LogP contribution in [-0.4, -0.2) is 34.7 Å². The molecule has 0 amide bonds. The number of aliphatic hydroxyl groups is 1. The van der Waals surface area contributed by atoms with Crippen molar-refractivity contribution in [2.45, 2.75) is 81.9 Å². The molecule has 0 aromatic heterocycles. The Bertz CT molecular complexity index is 258. The van der Waals surface area contributed by atoms with Crippen molar-refractivity contribution < 1.29 is 5.11 Å². The molecule has 3 fully saturated rings. The van der Waals surface area contributed by atoms with Crippen LogP contribution >= 0.6 is 0 Å². The minimum atomic E-state index is -0.319. The summed E-state index contributed by atoms with van der Waals surface area (Å²) in [5, 5.41) is 10.9. The third kappa shape index (κ3) is 2.39. The summed E-state index contributed by atoms with van der Waals surface area (Å²) in [5.41, 5.74) is -0.319. The number of hydrogen-bond donors (Lipinski definition) is 1. The molecule has 2 unspecified atom stereocenters. The first kappa shape index (κ1) is 12.0. The molecule has 2 heteroatoms. The number of rotatable bonds is 2. The van der Waals surface area contributed by atoms with Crippen LogP contribution < -0.4 is 0 Å². The molecule has 1 saturated carbocycles. The van der Waals surface area contributed by atoms with Crippen LogP contribution in [0.5, 0.6) is 0 Å². The Morgan fingerprint density at radius 2 is 1.59 bits per heavy atom. The smallest absolute Gasteiger partial charge is 0.0680 e. The van der Waals surface area contributed by atoms with E-state index in [0.717, 1.165) is 25.2 Å². The van der Waals surface area contributed by atoms with Crippen molar-refractivity contribution in [3.05, 3.63) is 0 Å². The van der Waals surface area contributed by atoms with Crippen LogP contribution in [0, 0.1) is 5.92 Å². The second-order valence-corrected chi connectivity index (χ2v) is 6.89. The fraction of sp³-hybridized carbons (Fsp3) is 1.00. The summed E-state index contributed by atoms with van der Waals surface area (Å²) in [6, 6.07) is 1.34. The lowest BCUT2D eigenvalue weighted by molar-refractivity contribution is -0.0627. The molecule has 1 N–H and O–H groups in total. The molecule has 0 aromatic rings. The highest BCUT2D eigenvalue weighted by Crippen LogP contribution is 2.44. The molecule has 3 rings (SSSR count). The topological polar surface area (TPSA) is 23.5 Å². The van der Waals surface area contributed by atoms with Crippen molar-refractivity contribution in [3.8, 4) is 0 Å². The van der Waals surface area contributed by atoms with Gasteiger partial charge in [0.25, 0.3) is 0 Å². The first-order valence-corrected chi connectivity index (χ1v) is 7.61. The molecule has 2 bridgehead atoms. The molecule has 0 spiro atoms. The molecule has 2 atom stereocenters. The van der Waals surface area contributed by atoms with Crippen LogP contribution in [0.1, 0.15) is 64.2 Å². The highest BCUT2D eigenvalue weighted by molar-refractivity contribution is 5.01. The summed E-state index contributed by atoms with van der Waals surface area (Å²) in [7, 11) is 2.25. The van der Waals surface area contributed by atoms with E-state index in [1.165, 1.54) is 44.9 Å². The van der Waals surface area contributed by atoms with Crippen LogP contribution in [0.15, 0.2) is 0 Å². The van der Waals surface area contributed by atoms with Gasteiger partial charge in [0.2, 0.25) is 0 Å². The standard InChI is InChI=1S/C15H27NO/c1-16-13-7-8-14(16)11-15(17,10-13)9-12-5-3-2-4-6-12/h12-14,17H,2-11H2,1H3. The van der Waals surface area contributed by atoms with E-state index >= 15 is 0 Å². The van der Waals surface area contributed by atoms with Gasteiger partial charge in [0.1, 0.15) is 0 Å². The summed E-state index contributed by atoms with van der Waals surface area (Å²) in [6.07, 6.45) is 12.7. The minimum absolute atomic E-state index is 0.319. The van der Waals surface area contributed by atoms with Gasteiger partial charge in [-0.2, -0.15) is 0 Å². The average Bonchev–Trinajstić information content (AvgIpc) is 2.54. The highest BCUT2D eigenvalue weighted by atomic mass is 16.3.